The van der Waals surface area contributed by atoms with Crippen LogP contribution in [0.5, 0.6) is 0 Å². The number of benzene rings is 2. The molecule has 136 valence electrons. The van der Waals surface area contributed by atoms with Gasteiger partial charge in [-0.3, -0.25) is 4.79 Å². The van der Waals surface area contributed by atoms with Gasteiger partial charge in [0.15, 0.2) is 0 Å². The van der Waals surface area contributed by atoms with E-state index >= 15 is 0 Å². The Morgan fingerprint density at radius 3 is 2.35 bits per heavy atom. The van der Waals surface area contributed by atoms with Crippen LogP contribution < -0.4 is 15.9 Å². The van der Waals surface area contributed by atoms with E-state index < -0.39 is 29.5 Å². The number of hydrogen-bond acceptors (Lipinski definition) is 4. The summed E-state index contributed by atoms with van der Waals surface area (Å²) in [6.45, 7) is 0. The molecule has 0 radical (unpaired) electrons. The summed E-state index contributed by atoms with van der Waals surface area (Å²) in [6, 6.07) is 8.07. The van der Waals surface area contributed by atoms with Crippen LogP contribution in [0, 0.1) is 11.6 Å². The molecule has 1 amide bonds. The van der Waals surface area contributed by atoms with Crippen molar-refractivity contribution in [2.24, 2.45) is 0 Å². The third kappa shape index (κ3) is 3.75. The van der Waals surface area contributed by atoms with Crippen molar-refractivity contribution >= 4 is 17.3 Å². The Labute approximate surface area is 143 Å². The van der Waals surface area contributed by atoms with E-state index in [2.05, 4.69) is 15.7 Å². The van der Waals surface area contributed by atoms with Gasteiger partial charge < -0.3 is 10.2 Å². The first kappa shape index (κ1) is 17.7. The first-order valence-electron chi connectivity index (χ1n) is 7.11. The first-order valence-corrected chi connectivity index (χ1v) is 7.11. The van der Waals surface area contributed by atoms with Crippen molar-refractivity contribution in [2.75, 3.05) is 10.3 Å². The smallest absolute Gasteiger partial charge is 0.382 e. The van der Waals surface area contributed by atoms with E-state index in [9.17, 15) is 26.7 Å². The average Bonchev–Trinajstić information content (AvgIpc) is 3.08. The average molecular weight is 371 g/mol. The zero-order chi connectivity index (χ0) is 18.9. The monoisotopic (exact) mass is 371 g/mol. The highest BCUT2D eigenvalue weighted by atomic mass is 19.4. The molecule has 10 heteroatoms. The topological polar surface area (TPSA) is 53.6 Å². The van der Waals surface area contributed by atoms with Crippen LogP contribution in [-0.2, 0) is 4.84 Å². The molecule has 0 saturated heterocycles. The van der Waals surface area contributed by atoms with Crippen LogP contribution in [0.4, 0.5) is 33.3 Å². The minimum atomic E-state index is -4.64. The molecule has 0 bridgehead atoms. The molecule has 0 aliphatic carbocycles. The van der Waals surface area contributed by atoms with Crippen LogP contribution in [0.15, 0.2) is 54.4 Å². The van der Waals surface area contributed by atoms with Crippen LogP contribution in [-0.4, -0.2) is 12.1 Å². The quantitative estimate of drug-likeness (QED) is 0.805. The number of nitrogens with one attached hydrogen (secondary N) is 2. The first-order chi connectivity index (χ1) is 12.2. The molecule has 5 nitrogen and oxygen atoms in total. The van der Waals surface area contributed by atoms with Crippen LogP contribution in [0.1, 0.15) is 10.4 Å². The number of anilines is 2. The van der Waals surface area contributed by atoms with Gasteiger partial charge >= 0.3 is 6.18 Å². The van der Waals surface area contributed by atoms with Crippen molar-refractivity contribution in [3.63, 3.8) is 0 Å². The van der Waals surface area contributed by atoms with Gasteiger partial charge in [0, 0.05) is 11.6 Å². The molecule has 2 N–H and O–H groups in total. The molecule has 26 heavy (non-hydrogen) atoms. The number of hydrazine groups is 1. The van der Waals surface area contributed by atoms with E-state index in [0.717, 1.165) is 17.1 Å². The number of hydrogen-bond donors (Lipinski definition) is 2. The predicted molar refractivity (Wildman–Crippen MR) is 81.6 cm³/mol. The highest BCUT2D eigenvalue weighted by Gasteiger charge is 2.40. The van der Waals surface area contributed by atoms with Crippen molar-refractivity contribution in [3.05, 3.63) is 71.6 Å². The number of alkyl halides is 3. The molecule has 0 fully saturated rings. The Morgan fingerprint density at radius 1 is 1.08 bits per heavy atom. The molecule has 0 atom stereocenters. The highest BCUT2D eigenvalue weighted by Crippen LogP contribution is 2.30. The SMILES string of the molecule is O=C(Nc1ccc(F)cc1F)c1ccc(N2C=C(C(F)(F)F)ON2)cc1. The Bertz CT molecular complexity index is 865. The molecule has 2 aromatic carbocycles. The highest BCUT2D eigenvalue weighted by molar-refractivity contribution is 6.04. The number of rotatable bonds is 3. The van der Waals surface area contributed by atoms with Crippen molar-refractivity contribution in [2.45, 2.75) is 6.18 Å². The summed E-state index contributed by atoms with van der Waals surface area (Å²) in [7, 11) is 0. The van der Waals surface area contributed by atoms with E-state index in [1.54, 1.807) is 0 Å². The minimum absolute atomic E-state index is 0.123. The lowest BCUT2D eigenvalue weighted by Gasteiger charge is -2.14. The molecular formula is C16H10F5N3O2. The van der Waals surface area contributed by atoms with Crippen LogP contribution >= 0.6 is 0 Å². The molecule has 0 spiro atoms. The number of halogens is 5. The molecule has 1 aliphatic rings. The molecule has 1 aliphatic heterocycles. The van der Waals surface area contributed by atoms with Gasteiger partial charge in [0.1, 0.15) is 11.6 Å². The summed E-state index contributed by atoms with van der Waals surface area (Å²) in [5.74, 6) is -3.60. The van der Waals surface area contributed by atoms with Gasteiger partial charge in [-0.1, -0.05) is 5.59 Å². The van der Waals surface area contributed by atoms with Crippen LogP contribution in [0.2, 0.25) is 0 Å². The number of amides is 1. The third-order valence-electron chi connectivity index (χ3n) is 3.37. The summed E-state index contributed by atoms with van der Waals surface area (Å²) in [6.07, 6.45) is -3.93. The maximum atomic E-state index is 13.5. The summed E-state index contributed by atoms with van der Waals surface area (Å²) >= 11 is 0. The summed E-state index contributed by atoms with van der Waals surface area (Å²) in [4.78, 5) is 16.4. The van der Waals surface area contributed by atoms with Gasteiger partial charge in [0.05, 0.1) is 17.6 Å². The second kappa shape index (κ2) is 6.64. The molecular weight excluding hydrogens is 361 g/mol. The normalized spacial score (nSPS) is 14.0. The summed E-state index contributed by atoms with van der Waals surface area (Å²) < 4.78 is 64.0. The molecule has 1 heterocycles. The Morgan fingerprint density at radius 2 is 1.77 bits per heavy atom. The number of carbonyl (C=O) groups excluding carboxylic acids is 1. The lowest BCUT2D eigenvalue weighted by molar-refractivity contribution is -0.136. The van der Waals surface area contributed by atoms with E-state index in [1.165, 1.54) is 24.3 Å². The van der Waals surface area contributed by atoms with E-state index in [0.29, 0.717) is 12.3 Å². The van der Waals surface area contributed by atoms with E-state index in [-0.39, 0.29) is 16.9 Å². The van der Waals surface area contributed by atoms with Gasteiger partial charge in [0.25, 0.3) is 5.91 Å². The second-order valence-electron chi connectivity index (χ2n) is 5.18. The Balaban J connectivity index is 1.71. The van der Waals surface area contributed by atoms with E-state index in [4.69, 9.17) is 0 Å². The fourth-order valence-corrected chi connectivity index (χ4v) is 2.09. The zero-order valence-corrected chi connectivity index (χ0v) is 12.8. The van der Waals surface area contributed by atoms with Gasteiger partial charge in [-0.2, -0.15) is 13.2 Å². The summed E-state index contributed by atoms with van der Waals surface area (Å²) in [5, 5.41) is 3.25. The Kier molecular flexibility index (Phi) is 4.51. The number of allylic oxidation sites excluding steroid dienone is 1. The van der Waals surface area contributed by atoms with Crippen molar-refractivity contribution in [3.8, 4) is 0 Å². The molecule has 0 saturated carbocycles. The molecule has 2 aromatic rings. The van der Waals surface area contributed by atoms with Gasteiger partial charge in [-0.15, -0.1) is 0 Å². The van der Waals surface area contributed by atoms with Crippen molar-refractivity contribution < 1.29 is 31.6 Å². The summed E-state index contributed by atoms with van der Waals surface area (Å²) in [5.41, 5.74) is 2.26. The van der Waals surface area contributed by atoms with Crippen LogP contribution in [0.3, 0.4) is 0 Å². The lowest BCUT2D eigenvalue weighted by atomic mass is 10.2. The van der Waals surface area contributed by atoms with E-state index in [1.807, 2.05) is 0 Å². The largest absolute Gasteiger partial charge is 0.453 e. The zero-order valence-electron chi connectivity index (χ0n) is 12.8. The standard InChI is InChI=1S/C16H10F5N3O2/c17-10-3-6-13(12(18)7-10)22-15(25)9-1-4-11(5-2-9)24-8-14(26-23-24)16(19,20)21/h1-8,23H,(H,22,25). The minimum Gasteiger partial charge on any atom is -0.382 e. The fourth-order valence-electron chi connectivity index (χ4n) is 2.09. The molecule has 0 aromatic heterocycles. The van der Waals surface area contributed by atoms with Gasteiger partial charge in [0.2, 0.25) is 5.76 Å². The third-order valence-corrected chi connectivity index (χ3v) is 3.37. The second-order valence-corrected chi connectivity index (χ2v) is 5.18. The maximum Gasteiger partial charge on any atom is 0.453 e. The molecule has 3 rings (SSSR count). The number of nitrogens with zero attached hydrogens (tertiary/aromatic N) is 1. The lowest BCUT2D eigenvalue weighted by Crippen LogP contribution is -2.27. The van der Waals surface area contributed by atoms with Crippen molar-refractivity contribution in [1.29, 1.82) is 0 Å². The van der Waals surface area contributed by atoms with Crippen LogP contribution in [0.25, 0.3) is 0 Å². The Hall–Kier alpha value is -3.14. The number of carbonyl (C=O) groups is 1. The van der Waals surface area contributed by atoms with Gasteiger partial charge in [-0.25, -0.2) is 13.8 Å². The van der Waals surface area contributed by atoms with Crippen molar-refractivity contribution in [1.82, 2.24) is 5.59 Å². The maximum absolute atomic E-state index is 13.5. The molecule has 0 unspecified atom stereocenters. The predicted octanol–water partition coefficient (Wildman–Crippen LogP) is 3.88. The fraction of sp³-hybridized carbons (Fsp3) is 0.0625. The van der Waals surface area contributed by atoms with Gasteiger partial charge in [-0.05, 0) is 36.4 Å².